The highest BCUT2D eigenvalue weighted by molar-refractivity contribution is 7.14. The number of carbonyl (C=O) groups excluding carboxylic acids is 3. The first-order chi connectivity index (χ1) is 10.4. The van der Waals surface area contributed by atoms with Gasteiger partial charge in [-0.3, -0.25) is 4.79 Å². The summed E-state index contributed by atoms with van der Waals surface area (Å²) in [7, 11) is 1.27. The zero-order valence-electron chi connectivity index (χ0n) is 11.6. The van der Waals surface area contributed by atoms with Crippen LogP contribution in [0.5, 0.6) is 0 Å². The van der Waals surface area contributed by atoms with Crippen molar-refractivity contribution < 1.29 is 27.9 Å². The second-order valence-electron chi connectivity index (χ2n) is 4.67. The molecule has 1 amide bonds. The summed E-state index contributed by atoms with van der Waals surface area (Å²) < 4.78 is 31.1. The lowest BCUT2D eigenvalue weighted by Gasteiger charge is -2.17. The molecule has 1 aromatic heterocycles. The highest BCUT2D eigenvalue weighted by Gasteiger charge is 2.52. The predicted molar refractivity (Wildman–Crippen MR) is 75.8 cm³/mol. The average Bonchev–Trinajstić information content (AvgIpc) is 3.04. The molecule has 1 saturated heterocycles. The topological polar surface area (TPSA) is 63.7 Å². The number of carbonyl (C=O) groups is 3. The number of likely N-dealkylation sites (tertiary alicyclic amines) is 1. The Bertz CT molecular complexity index is 626. The molecule has 1 aliphatic heterocycles. The molecule has 118 valence electrons. The highest BCUT2D eigenvalue weighted by Crippen LogP contribution is 2.32. The van der Waals surface area contributed by atoms with Crippen molar-refractivity contribution in [3.63, 3.8) is 0 Å². The van der Waals surface area contributed by atoms with E-state index in [9.17, 15) is 23.2 Å². The number of hydrogen-bond donors (Lipinski definition) is 0. The van der Waals surface area contributed by atoms with E-state index >= 15 is 0 Å². The van der Waals surface area contributed by atoms with Crippen LogP contribution in [-0.2, 0) is 14.3 Å². The molecule has 0 radical (unpaired) electrons. The van der Waals surface area contributed by atoms with E-state index in [0.717, 1.165) is 4.90 Å². The van der Waals surface area contributed by atoms with Crippen LogP contribution in [0.2, 0.25) is 0 Å². The Morgan fingerprint density at radius 1 is 1.55 bits per heavy atom. The van der Waals surface area contributed by atoms with Crippen molar-refractivity contribution >= 4 is 35.6 Å². The third-order valence-electron chi connectivity index (χ3n) is 3.19. The number of rotatable bonds is 5. The Balaban J connectivity index is 2.02. The van der Waals surface area contributed by atoms with Gasteiger partial charge in [-0.1, -0.05) is 6.08 Å². The van der Waals surface area contributed by atoms with Crippen LogP contribution < -0.4 is 0 Å². The normalized spacial score (nSPS) is 20.6. The molecule has 1 unspecified atom stereocenters. The summed E-state index contributed by atoms with van der Waals surface area (Å²) in [6.45, 7) is -0.0940. The van der Waals surface area contributed by atoms with Gasteiger partial charge < -0.3 is 14.4 Å². The van der Waals surface area contributed by atoms with E-state index in [2.05, 4.69) is 4.74 Å². The highest BCUT2D eigenvalue weighted by atomic mass is 32.1. The van der Waals surface area contributed by atoms with Gasteiger partial charge in [-0.2, -0.15) is 8.78 Å². The summed E-state index contributed by atoms with van der Waals surface area (Å²) in [6.07, 6.45) is 2.67. The number of aldehydes is 1. The molecule has 0 saturated carbocycles. The molecule has 0 N–H and O–H groups in total. The van der Waals surface area contributed by atoms with Gasteiger partial charge in [0.1, 0.15) is 11.2 Å². The lowest BCUT2D eigenvalue weighted by molar-refractivity contribution is -0.147. The van der Waals surface area contributed by atoms with E-state index in [1.54, 1.807) is 18.2 Å². The first-order valence-corrected chi connectivity index (χ1v) is 7.19. The van der Waals surface area contributed by atoms with Crippen LogP contribution in [0, 0.1) is 0 Å². The smallest absolute Gasteiger partial charge is 0.348 e. The number of nitrogens with zero attached hydrogens (tertiary/aromatic N) is 1. The summed E-state index contributed by atoms with van der Waals surface area (Å²) >= 11 is 1.17. The third kappa shape index (κ3) is 3.22. The van der Waals surface area contributed by atoms with E-state index in [-0.39, 0.29) is 6.54 Å². The van der Waals surface area contributed by atoms with E-state index in [1.807, 2.05) is 0 Å². The first kappa shape index (κ1) is 16.3. The van der Waals surface area contributed by atoms with E-state index in [1.165, 1.54) is 24.5 Å². The van der Waals surface area contributed by atoms with Gasteiger partial charge in [-0.15, -0.1) is 11.3 Å². The van der Waals surface area contributed by atoms with Crippen LogP contribution in [0.15, 0.2) is 18.2 Å². The van der Waals surface area contributed by atoms with Crippen LogP contribution in [0.1, 0.15) is 21.0 Å². The summed E-state index contributed by atoms with van der Waals surface area (Å²) in [5.74, 6) is -5.28. The van der Waals surface area contributed by atoms with Crippen molar-refractivity contribution in [2.24, 2.45) is 0 Å². The van der Waals surface area contributed by atoms with Crippen LogP contribution in [0.4, 0.5) is 8.78 Å². The molecule has 5 nitrogen and oxygen atoms in total. The quantitative estimate of drug-likeness (QED) is 0.612. The second-order valence-corrected chi connectivity index (χ2v) is 5.78. The molecule has 2 rings (SSSR count). The molecule has 22 heavy (non-hydrogen) atoms. The van der Waals surface area contributed by atoms with Crippen molar-refractivity contribution in [3.8, 4) is 0 Å². The molecule has 1 aromatic rings. The summed E-state index contributed by atoms with van der Waals surface area (Å²) in [5.41, 5.74) is 0. The Kier molecular flexibility index (Phi) is 4.70. The Labute approximate surface area is 129 Å². The average molecular weight is 329 g/mol. The number of methoxy groups -OCH3 is 1. The van der Waals surface area contributed by atoms with Gasteiger partial charge in [0, 0.05) is 17.8 Å². The van der Waals surface area contributed by atoms with Crippen molar-refractivity contribution in [1.29, 1.82) is 0 Å². The fraction of sp³-hybridized carbons (Fsp3) is 0.357. The van der Waals surface area contributed by atoms with Crippen LogP contribution in [-0.4, -0.2) is 48.7 Å². The van der Waals surface area contributed by atoms with Crippen LogP contribution in [0.3, 0.4) is 0 Å². The molecule has 8 heteroatoms. The molecule has 1 aliphatic rings. The maximum absolute atomic E-state index is 13.3. The Hall–Kier alpha value is -2.09. The lowest BCUT2D eigenvalue weighted by atomic mass is 10.2. The maximum Gasteiger partial charge on any atom is 0.348 e. The molecular formula is C14H13F2NO4S. The monoisotopic (exact) mass is 329 g/mol. The summed E-state index contributed by atoms with van der Waals surface area (Å²) in [6, 6.07) is 2.14. The minimum atomic E-state index is -3.49. The number of hydrogen-bond acceptors (Lipinski definition) is 5. The van der Waals surface area contributed by atoms with Gasteiger partial charge in [-0.25, -0.2) is 4.79 Å². The van der Waals surface area contributed by atoms with Crippen molar-refractivity contribution in [2.75, 3.05) is 13.7 Å². The Morgan fingerprint density at radius 2 is 2.27 bits per heavy atom. The van der Waals surface area contributed by atoms with Gasteiger partial charge in [0.25, 0.3) is 5.91 Å². The molecule has 1 atom stereocenters. The van der Waals surface area contributed by atoms with Gasteiger partial charge in [0.2, 0.25) is 0 Å². The SMILES string of the molecule is COC(=O)c1ccc(/C=C\CN2C(=O)C(F)(F)CC2C=O)s1. The second kappa shape index (κ2) is 6.35. The van der Waals surface area contributed by atoms with Crippen molar-refractivity contribution in [2.45, 2.75) is 18.4 Å². The van der Waals surface area contributed by atoms with Crippen LogP contribution in [0.25, 0.3) is 6.08 Å². The van der Waals surface area contributed by atoms with Crippen LogP contribution >= 0.6 is 11.3 Å². The predicted octanol–water partition coefficient (Wildman–Crippen LogP) is 1.98. The fourth-order valence-corrected chi connectivity index (χ4v) is 2.95. The van der Waals surface area contributed by atoms with Gasteiger partial charge >= 0.3 is 11.9 Å². The number of thiophene rings is 1. The zero-order chi connectivity index (χ0) is 16.3. The van der Waals surface area contributed by atoms with Gasteiger partial charge in [0.05, 0.1) is 13.2 Å². The molecule has 2 heterocycles. The molecule has 0 bridgehead atoms. The standard InChI is InChI=1S/C14H13F2NO4S/c1-21-12(19)11-5-4-10(22-11)3-2-6-17-9(8-18)7-14(15,16)13(17)20/h2-5,8-9H,6-7H2,1H3/b3-2-. The maximum atomic E-state index is 13.3. The number of alkyl halides is 2. The minimum Gasteiger partial charge on any atom is -0.465 e. The number of halogens is 2. The molecule has 0 aliphatic carbocycles. The fourth-order valence-electron chi connectivity index (χ4n) is 2.10. The third-order valence-corrected chi connectivity index (χ3v) is 4.22. The van der Waals surface area contributed by atoms with E-state index in [0.29, 0.717) is 16.0 Å². The summed E-state index contributed by atoms with van der Waals surface area (Å²) in [4.78, 5) is 35.6. The molecule has 0 spiro atoms. The molecule has 0 aromatic carbocycles. The van der Waals surface area contributed by atoms with Gasteiger partial charge in [-0.05, 0) is 18.2 Å². The number of amides is 1. The molecule has 1 fully saturated rings. The summed E-state index contributed by atoms with van der Waals surface area (Å²) in [5, 5.41) is 0. The zero-order valence-corrected chi connectivity index (χ0v) is 12.4. The van der Waals surface area contributed by atoms with E-state index in [4.69, 9.17) is 0 Å². The van der Waals surface area contributed by atoms with Gasteiger partial charge in [0.15, 0.2) is 0 Å². The first-order valence-electron chi connectivity index (χ1n) is 6.38. The Morgan fingerprint density at radius 3 is 2.91 bits per heavy atom. The van der Waals surface area contributed by atoms with E-state index < -0.39 is 30.3 Å². The van der Waals surface area contributed by atoms with Crippen molar-refractivity contribution in [1.82, 2.24) is 4.90 Å². The van der Waals surface area contributed by atoms with Crippen molar-refractivity contribution in [3.05, 3.63) is 28.0 Å². The lowest BCUT2D eigenvalue weighted by Crippen LogP contribution is -2.37. The largest absolute Gasteiger partial charge is 0.465 e. The number of esters is 1. The minimum absolute atomic E-state index is 0.0940. The number of ether oxygens (including phenoxy) is 1. The molecular weight excluding hydrogens is 316 g/mol.